The number of nitrogens with zero attached hydrogens (tertiary/aromatic N) is 2. The maximum Gasteiger partial charge on any atom is 0.598 e. The molecule has 0 unspecified atom stereocenters. The zero-order valence-corrected chi connectivity index (χ0v) is 34.4. The lowest BCUT2D eigenvalue weighted by Gasteiger charge is -2.26. The van der Waals surface area contributed by atoms with Crippen LogP contribution in [-0.2, 0) is 20.1 Å². The fourth-order valence-electron chi connectivity index (χ4n) is 6.70. The van der Waals surface area contributed by atoms with Crippen LogP contribution in [0.2, 0.25) is 0 Å². The fraction of sp³-hybridized carbons (Fsp3) is 0.326. The number of fused-ring (bicyclic) bond motifs is 1. The standard InChI is InChI=1S/C46H43BF10N2O2/c1-28-12-14-31(15-13-28)40-35-11-9-8-10-34(35)37(58-40)25-39-36(29-16-20-32(21-17-29)41(2,3)4)24-38(30-18-22-33(23-19-30)42(5,6)7)59(39)47(60-26-43(48,49)45(52,53)54)61-27-44(50,51)46(55,56)57/h8-25H,26-27H2,1-7H3/b37-25-. The molecule has 0 aliphatic carbocycles. The molecule has 6 rings (SSSR count). The summed E-state index contributed by atoms with van der Waals surface area (Å²) in [6.45, 7) is 8.74. The van der Waals surface area contributed by atoms with Crippen LogP contribution in [0.5, 0.6) is 0 Å². The summed E-state index contributed by atoms with van der Waals surface area (Å²) in [5.41, 5.74) is 5.79. The second kappa shape index (κ2) is 16.3. The van der Waals surface area contributed by atoms with E-state index in [1.54, 1.807) is 54.6 Å². The smallest absolute Gasteiger partial charge is 0.385 e. The zero-order valence-electron chi connectivity index (χ0n) is 34.4. The van der Waals surface area contributed by atoms with Gasteiger partial charge in [0.1, 0.15) is 13.2 Å². The van der Waals surface area contributed by atoms with Crippen molar-refractivity contribution < 1.29 is 53.2 Å². The van der Waals surface area contributed by atoms with Crippen LogP contribution >= 0.6 is 0 Å². The molecule has 1 aromatic heterocycles. The minimum absolute atomic E-state index is 0.0214. The number of rotatable bonds is 11. The first-order chi connectivity index (χ1) is 28.2. The van der Waals surface area contributed by atoms with Crippen molar-refractivity contribution in [3.63, 3.8) is 0 Å². The minimum Gasteiger partial charge on any atom is -0.385 e. The molecular weight excluding hydrogens is 813 g/mol. The molecule has 0 fully saturated rings. The maximum absolute atomic E-state index is 14.6. The lowest BCUT2D eigenvalue weighted by molar-refractivity contribution is -0.295. The molecule has 61 heavy (non-hydrogen) atoms. The molecule has 1 aliphatic rings. The average molecular weight is 857 g/mol. The number of aliphatic imine (C=N–C) groups is 1. The first-order valence-electron chi connectivity index (χ1n) is 19.2. The van der Waals surface area contributed by atoms with E-state index in [4.69, 9.17) is 14.3 Å². The van der Waals surface area contributed by atoms with Crippen molar-refractivity contribution >= 4 is 24.7 Å². The Hall–Kier alpha value is -5.15. The van der Waals surface area contributed by atoms with Gasteiger partial charge in [-0.3, -0.25) is 0 Å². The third kappa shape index (κ3) is 9.67. The van der Waals surface area contributed by atoms with Crippen LogP contribution < -0.4 is 0 Å². The van der Waals surface area contributed by atoms with Crippen LogP contribution in [0.1, 0.15) is 80.6 Å². The van der Waals surface area contributed by atoms with Crippen LogP contribution in [0.3, 0.4) is 0 Å². The van der Waals surface area contributed by atoms with Crippen molar-refractivity contribution in [3.8, 4) is 22.4 Å². The number of aryl methyl sites for hydroxylation is 1. The monoisotopic (exact) mass is 856 g/mol. The summed E-state index contributed by atoms with van der Waals surface area (Å²) in [6.07, 6.45) is -10.9. The number of hydrogen-bond acceptors (Lipinski definition) is 3. The summed E-state index contributed by atoms with van der Waals surface area (Å²) in [6, 6.07) is 29.9. The van der Waals surface area contributed by atoms with Gasteiger partial charge in [-0.25, -0.2) is 4.99 Å². The lowest BCUT2D eigenvalue weighted by atomic mass is 9.86. The Bertz CT molecular complexity index is 2390. The number of aromatic nitrogens is 1. The van der Waals surface area contributed by atoms with Crippen LogP contribution in [0.15, 0.2) is 108 Å². The fourth-order valence-corrected chi connectivity index (χ4v) is 6.70. The van der Waals surface area contributed by atoms with Crippen molar-refractivity contribution in [3.05, 3.63) is 142 Å². The van der Waals surface area contributed by atoms with E-state index in [1.807, 2.05) is 90.9 Å². The lowest BCUT2D eigenvalue weighted by Crippen LogP contribution is -2.48. The van der Waals surface area contributed by atoms with Crippen molar-refractivity contribution in [1.82, 2.24) is 4.48 Å². The Morgan fingerprint density at radius 2 is 1.00 bits per heavy atom. The van der Waals surface area contributed by atoms with Gasteiger partial charge in [0.2, 0.25) is 0 Å². The Morgan fingerprint density at radius 3 is 1.46 bits per heavy atom. The van der Waals surface area contributed by atoms with Gasteiger partial charge in [0.15, 0.2) is 0 Å². The van der Waals surface area contributed by atoms with Crippen LogP contribution in [0.25, 0.3) is 34.2 Å². The topological polar surface area (TPSA) is 35.8 Å². The Kier molecular flexibility index (Phi) is 12.1. The number of alkyl halides is 10. The van der Waals surface area contributed by atoms with Gasteiger partial charge >= 0.3 is 31.5 Å². The average Bonchev–Trinajstić information content (AvgIpc) is 3.72. The third-order valence-electron chi connectivity index (χ3n) is 10.3. The van der Waals surface area contributed by atoms with Gasteiger partial charge in [-0.2, -0.15) is 43.9 Å². The summed E-state index contributed by atoms with van der Waals surface area (Å²) in [4.78, 5) is 4.93. The summed E-state index contributed by atoms with van der Waals surface area (Å²) < 4.78 is 151. The van der Waals surface area contributed by atoms with Gasteiger partial charge in [0.25, 0.3) is 0 Å². The van der Waals surface area contributed by atoms with Gasteiger partial charge in [0, 0.05) is 33.6 Å². The molecule has 0 bridgehead atoms. The van der Waals surface area contributed by atoms with E-state index in [0.29, 0.717) is 22.4 Å². The molecule has 4 aromatic carbocycles. The second-order valence-electron chi connectivity index (χ2n) is 17.1. The van der Waals surface area contributed by atoms with E-state index >= 15 is 0 Å². The van der Waals surface area contributed by atoms with E-state index in [2.05, 4.69) is 0 Å². The Labute approximate surface area is 348 Å². The van der Waals surface area contributed by atoms with Gasteiger partial charge in [-0.05, 0) is 52.1 Å². The number of hydrogen-bond donors (Lipinski definition) is 0. The van der Waals surface area contributed by atoms with Crippen molar-refractivity contribution in [1.29, 1.82) is 0 Å². The molecule has 0 spiro atoms. The van der Waals surface area contributed by atoms with Gasteiger partial charge < -0.3 is 13.8 Å². The first kappa shape index (κ1) is 45.4. The molecule has 15 heteroatoms. The van der Waals surface area contributed by atoms with E-state index in [9.17, 15) is 43.9 Å². The molecule has 0 radical (unpaired) electrons. The van der Waals surface area contributed by atoms with E-state index < -0.39 is 44.7 Å². The highest BCUT2D eigenvalue weighted by atomic mass is 19.4. The van der Waals surface area contributed by atoms with Crippen molar-refractivity contribution in [2.75, 3.05) is 13.2 Å². The van der Waals surface area contributed by atoms with Crippen molar-refractivity contribution in [2.24, 2.45) is 4.99 Å². The van der Waals surface area contributed by atoms with Crippen LogP contribution in [-0.4, -0.2) is 54.9 Å². The first-order valence-corrected chi connectivity index (χ1v) is 19.2. The molecule has 0 amide bonds. The van der Waals surface area contributed by atoms with E-state index in [0.717, 1.165) is 26.7 Å². The molecule has 322 valence electrons. The van der Waals surface area contributed by atoms with Crippen molar-refractivity contribution in [2.45, 2.75) is 83.5 Å². The third-order valence-corrected chi connectivity index (χ3v) is 10.3. The highest BCUT2D eigenvalue weighted by Gasteiger charge is 2.60. The summed E-state index contributed by atoms with van der Waals surface area (Å²) in [7, 11) is -2.70. The molecule has 0 saturated heterocycles. The number of benzene rings is 4. The highest BCUT2D eigenvalue weighted by Crippen LogP contribution is 2.42. The summed E-state index contributed by atoms with van der Waals surface area (Å²) >= 11 is 0. The van der Waals surface area contributed by atoms with Crippen LogP contribution in [0.4, 0.5) is 43.9 Å². The van der Waals surface area contributed by atoms with E-state index in [-0.39, 0.29) is 39.0 Å². The molecule has 0 saturated carbocycles. The van der Waals surface area contributed by atoms with Gasteiger partial charge in [0.05, 0.1) is 11.4 Å². The SMILES string of the molecule is Cc1ccc(C2=N/C(=C\c3c(-c4ccc(C(C)(C)C)cc4)cc(-c4ccc(C(C)(C)C)cc4)n3B(OCC(F)(F)C(F)(F)F)OCC(F)(F)C(F)(F)F)c3ccccc32)cc1. The molecule has 2 heterocycles. The molecule has 0 N–H and O–H groups in total. The van der Waals surface area contributed by atoms with Gasteiger partial charge in [-0.1, -0.05) is 144 Å². The number of halogens is 10. The quantitative estimate of drug-likeness (QED) is 0.0980. The van der Waals surface area contributed by atoms with Crippen LogP contribution in [0, 0.1) is 6.92 Å². The molecular formula is C46H43BF10N2O2. The predicted molar refractivity (Wildman–Crippen MR) is 219 cm³/mol. The molecule has 1 aliphatic heterocycles. The summed E-state index contributed by atoms with van der Waals surface area (Å²) in [5.74, 6) is -11.1. The van der Waals surface area contributed by atoms with Gasteiger partial charge in [-0.15, -0.1) is 0 Å². The second-order valence-corrected chi connectivity index (χ2v) is 17.1. The predicted octanol–water partition coefficient (Wildman–Crippen LogP) is 13.3. The maximum atomic E-state index is 14.6. The molecule has 0 atom stereocenters. The normalized spacial score (nSPS) is 14.7. The van der Waals surface area contributed by atoms with E-state index in [1.165, 1.54) is 12.1 Å². The summed E-state index contributed by atoms with van der Waals surface area (Å²) in [5, 5.41) is 0. The largest absolute Gasteiger partial charge is 0.598 e. The minimum atomic E-state index is -6.17. The Balaban J connectivity index is 1.68. The zero-order chi connectivity index (χ0) is 44.9. The highest BCUT2D eigenvalue weighted by molar-refractivity contribution is 6.44. The molecule has 5 aromatic rings. The Morgan fingerprint density at radius 1 is 0.557 bits per heavy atom. The molecule has 4 nitrogen and oxygen atoms in total.